The number of hydrogen-bond acceptors (Lipinski definition) is 3. The molecule has 3 fully saturated rings. The van der Waals surface area contributed by atoms with E-state index in [4.69, 9.17) is 0 Å². The SMILES string of the molecule is CCCN1C(=O)N[C@H](CCC(=O)N[C@@H]2[C@@H]3CCC[C@H]3[C@H]2c2ccccc2)C1=O. The standard InChI is InChI=1S/C22H29N3O3/c1-2-13-25-21(27)17(23-22(25)28)11-12-18(26)24-20-16-10-6-9-15(16)19(20)14-7-4-3-5-8-14/h3-5,7-8,15-17,19-20H,2,6,9-13H2,1H3,(H,23,28)(H,24,26)/t15-,16-,17-,19-,20-/m1/s1. The highest BCUT2D eigenvalue weighted by molar-refractivity contribution is 6.04. The van der Waals surface area contributed by atoms with Gasteiger partial charge in [-0.15, -0.1) is 0 Å². The maximum absolute atomic E-state index is 12.6. The normalized spacial score (nSPS) is 31.3. The molecule has 0 radical (unpaired) electrons. The summed E-state index contributed by atoms with van der Waals surface area (Å²) in [6.45, 7) is 2.36. The first kappa shape index (κ1) is 19.0. The van der Waals surface area contributed by atoms with Gasteiger partial charge in [0.25, 0.3) is 5.91 Å². The van der Waals surface area contributed by atoms with Crippen LogP contribution in [0.3, 0.4) is 0 Å². The molecule has 6 heteroatoms. The van der Waals surface area contributed by atoms with Gasteiger partial charge in [0, 0.05) is 24.9 Å². The molecule has 2 saturated carbocycles. The Labute approximate surface area is 166 Å². The lowest BCUT2D eigenvalue weighted by Gasteiger charge is -2.49. The molecule has 0 bridgehead atoms. The van der Waals surface area contributed by atoms with Gasteiger partial charge in [0.2, 0.25) is 5.91 Å². The summed E-state index contributed by atoms with van der Waals surface area (Å²) in [4.78, 5) is 38.1. The Morgan fingerprint density at radius 3 is 2.68 bits per heavy atom. The zero-order chi connectivity index (χ0) is 19.7. The van der Waals surface area contributed by atoms with Crippen molar-refractivity contribution in [3.8, 4) is 0 Å². The van der Waals surface area contributed by atoms with Crippen molar-refractivity contribution in [3.63, 3.8) is 0 Å². The summed E-state index contributed by atoms with van der Waals surface area (Å²) in [6, 6.07) is 9.74. The number of benzene rings is 1. The Balaban J connectivity index is 1.33. The van der Waals surface area contributed by atoms with Gasteiger partial charge < -0.3 is 10.6 Å². The Hall–Kier alpha value is -2.37. The summed E-state index contributed by atoms with van der Waals surface area (Å²) in [5.74, 6) is 1.41. The minimum absolute atomic E-state index is 0.0210. The van der Waals surface area contributed by atoms with E-state index in [1.54, 1.807) is 0 Å². The van der Waals surface area contributed by atoms with Gasteiger partial charge in [0.05, 0.1) is 0 Å². The van der Waals surface area contributed by atoms with E-state index < -0.39 is 6.04 Å². The van der Waals surface area contributed by atoms with Crippen molar-refractivity contribution in [2.45, 2.75) is 63.5 Å². The molecule has 28 heavy (non-hydrogen) atoms. The van der Waals surface area contributed by atoms with Crippen LogP contribution in [-0.4, -0.2) is 41.4 Å². The molecule has 4 amide bonds. The van der Waals surface area contributed by atoms with E-state index >= 15 is 0 Å². The van der Waals surface area contributed by atoms with Crippen molar-refractivity contribution in [3.05, 3.63) is 35.9 Å². The van der Waals surface area contributed by atoms with E-state index in [0.29, 0.717) is 30.7 Å². The number of carbonyl (C=O) groups is 3. The zero-order valence-corrected chi connectivity index (χ0v) is 16.4. The highest BCUT2D eigenvalue weighted by Crippen LogP contribution is 2.55. The monoisotopic (exact) mass is 383 g/mol. The third-order valence-corrected chi connectivity index (χ3v) is 6.66. The van der Waals surface area contributed by atoms with Crippen molar-refractivity contribution in [2.24, 2.45) is 11.8 Å². The average Bonchev–Trinajstić information content (AvgIpc) is 3.22. The second kappa shape index (κ2) is 7.94. The van der Waals surface area contributed by atoms with Gasteiger partial charge in [-0.25, -0.2) is 4.79 Å². The maximum Gasteiger partial charge on any atom is 0.324 e. The number of imide groups is 1. The fraction of sp³-hybridized carbons (Fsp3) is 0.591. The van der Waals surface area contributed by atoms with Crippen molar-refractivity contribution < 1.29 is 14.4 Å². The van der Waals surface area contributed by atoms with Gasteiger partial charge in [0.15, 0.2) is 0 Å². The van der Waals surface area contributed by atoms with Gasteiger partial charge in [-0.05, 0) is 43.1 Å². The first-order chi connectivity index (χ1) is 13.6. The van der Waals surface area contributed by atoms with E-state index in [1.807, 2.05) is 13.0 Å². The molecular formula is C22H29N3O3. The van der Waals surface area contributed by atoms with E-state index in [1.165, 1.54) is 29.7 Å². The van der Waals surface area contributed by atoms with Crippen LogP contribution in [0, 0.1) is 11.8 Å². The van der Waals surface area contributed by atoms with Gasteiger partial charge >= 0.3 is 6.03 Å². The molecular weight excluding hydrogens is 354 g/mol. The number of urea groups is 1. The van der Waals surface area contributed by atoms with Crippen LogP contribution in [0.1, 0.15) is 56.9 Å². The van der Waals surface area contributed by atoms with Gasteiger partial charge in [-0.1, -0.05) is 43.7 Å². The van der Waals surface area contributed by atoms with Crippen LogP contribution < -0.4 is 10.6 Å². The highest BCUT2D eigenvalue weighted by atomic mass is 16.2. The molecule has 1 aliphatic heterocycles. The Bertz CT molecular complexity index is 751. The summed E-state index contributed by atoms with van der Waals surface area (Å²) < 4.78 is 0. The van der Waals surface area contributed by atoms with Crippen molar-refractivity contribution in [2.75, 3.05) is 6.54 Å². The van der Waals surface area contributed by atoms with Crippen LogP contribution in [0.2, 0.25) is 0 Å². The maximum atomic E-state index is 12.6. The number of carbonyl (C=O) groups excluding carboxylic acids is 3. The van der Waals surface area contributed by atoms with Crippen LogP contribution in [0.4, 0.5) is 4.79 Å². The first-order valence-electron chi connectivity index (χ1n) is 10.6. The number of fused-ring (bicyclic) bond motifs is 1. The van der Waals surface area contributed by atoms with E-state index in [0.717, 1.165) is 6.42 Å². The third-order valence-electron chi connectivity index (χ3n) is 6.66. The molecule has 1 saturated heterocycles. The van der Waals surface area contributed by atoms with E-state index in [2.05, 4.69) is 34.9 Å². The molecule has 1 aromatic carbocycles. The fourth-order valence-electron chi connectivity index (χ4n) is 5.36. The average molecular weight is 383 g/mol. The number of hydrogen-bond donors (Lipinski definition) is 2. The van der Waals surface area contributed by atoms with Crippen LogP contribution in [0.15, 0.2) is 30.3 Å². The van der Waals surface area contributed by atoms with Crippen molar-refractivity contribution in [1.29, 1.82) is 0 Å². The lowest BCUT2D eigenvalue weighted by Crippen LogP contribution is -2.56. The van der Waals surface area contributed by atoms with E-state index in [-0.39, 0.29) is 30.3 Å². The quantitative estimate of drug-likeness (QED) is 0.711. The molecule has 1 aromatic rings. The Morgan fingerprint density at radius 2 is 1.93 bits per heavy atom. The summed E-state index contributed by atoms with van der Waals surface area (Å²) in [5.41, 5.74) is 1.31. The molecule has 2 N–H and O–H groups in total. The van der Waals surface area contributed by atoms with Crippen LogP contribution in [0.5, 0.6) is 0 Å². The summed E-state index contributed by atoms with van der Waals surface area (Å²) >= 11 is 0. The second-order valence-electron chi connectivity index (χ2n) is 8.32. The smallest absolute Gasteiger partial charge is 0.324 e. The lowest BCUT2D eigenvalue weighted by atomic mass is 9.60. The molecule has 150 valence electrons. The van der Waals surface area contributed by atoms with Crippen molar-refractivity contribution in [1.82, 2.24) is 15.5 Å². The van der Waals surface area contributed by atoms with Crippen LogP contribution in [-0.2, 0) is 9.59 Å². The number of rotatable bonds is 7. The van der Waals surface area contributed by atoms with E-state index in [9.17, 15) is 14.4 Å². The molecule has 0 spiro atoms. The lowest BCUT2D eigenvalue weighted by molar-refractivity contribution is -0.128. The highest BCUT2D eigenvalue weighted by Gasteiger charge is 2.53. The number of nitrogens with one attached hydrogen (secondary N) is 2. The first-order valence-corrected chi connectivity index (χ1v) is 10.6. The fourth-order valence-corrected chi connectivity index (χ4v) is 5.36. The topological polar surface area (TPSA) is 78.5 Å². The minimum Gasteiger partial charge on any atom is -0.352 e. The summed E-state index contributed by atoms with van der Waals surface area (Å²) in [6.07, 6.45) is 5.01. The summed E-state index contributed by atoms with van der Waals surface area (Å²) in [5, 5.41) is 5.95. The zero-order valence-electron chi connectivity index (χ0n) is 16.4. The molecule has 1 heterocycles. The molecule has 6 nitrogen and oxygen atoms in total. The largest absolute Gasteiger partial charge is 0.352 e. The molecule has 4 rings (SSSR count). The van der Waals surface area contributed by atoms with Crippen LogP contribution in [0.25, 0.3) is 0 Å². The summed E-state index contributed by atoms with van der Waals surface area (Å²) in [7, 11) is 0. The molecule has 5 atom stereocenters. The predicted molar refractivity (Wildman–Crippen MR) is 106 cm³/mol. The Morgan fingerprint density at radius 1 is 1.18 bits per heavy atom. The Kier molecular flexibility index (Phi) is 5.38. The molecule has 3 aliphatic rings. The van der Waals surface area contributed by atoms with Gasteiger partial charge in [0.1, 0.15) is 6.04 Å². The van der Waals surface area contributed by atoms with Gasteiger partial charge in [-0.2, -0.15) is 0 Å². The minimum atomic E-state index is -0.574. The molecule has 2 aliphatic carbocycles. The van der Waals surface area contributed by atoms with Crippen LogP contribution >= 0.6 is 0 Å². The van der Waals surface area contributed by atoms with Gasteiger partial charge in [-0.3, -0.25) is 14.5 Å². The third kappa shape index (κ3) is 3.40. The van der Waals surface area contributed by atoms with Crippen molar-refractivity contribution >= 4 is 17.8 Å². The molecule has 0 aromatic heterocycles. The molecule has 0 unspecified atom stereocenters. The predicted octanol–water partition coefficient (Wildman–Crippen LogP) is 2.80. The number of nitrogens with zero attached hydrogens (tertiary/aromatic N) is 1. The second-order valence-corrected chi connectivity index (χ2v) is 8.32. The number of amides is 4.